The van der Waals surface area contributed by atoms with Crippen LogP contribution >= 0.6 is 22.9 Å². The molecule has 0 aliphatic heterocycles. The number of aliphatic hydroxyl groups is 1. The van der Waals surface area contributed by atoms with Crippen LogP contribution in [0, 0.1) is 0 Å². The van der Waals surface area contributed by atoms with Crippen molar-refractivity contribution in [2.45, 2.75) is 30.7 Å². The van der Waals surface area contributed by atoms with Gasteiger partial charge in [-0.05, 0) is 25.5 Å². The highest BCUT2D eigenvalue weighted by Crippen LogP contribution is 2.32. The summed E-state index contributed by atoms with van der Waals surface area (Å²) in [5, 5.41) is 16.3. The maximum absolute atomic E-state index is 14.4. The summed E-state index contributed by atoms with van der Waals surface area (Å²) in [5.74, 6) is -0.834. The normalized spacial score (nSPS) is 18.7. The molecule has 1 aromatic rings. The summed E-state index contributed by atoms with van der Waals surface area (Å²) in [4.78, 5) is 3.46. The summed E-state index contributed by atoms with van der Waals surface area (Å²) in [7, 11) is -4.05. The largest absolute Gasteiger partial charge is 0.395 e. The minimum absolute atomic E-state index is 0.0101. The van der Waals surface area contributed by atoms with Crippen molar-refractivity contribution in [3.8, 4) is 0 Å². The summed E-state index contributed by atoms with van der Waals surface area (Å²) in [5.41, 5.74) is 5.94. The summed E-state index contributed by atoms with van der Waals surface area (Å²) >= 11 is 7.36. The molecule has 8 nitrogen and oxygen atoms in total. The van der Waals surface area contributed by atoms with Gasteiger partial charge in [0.1, 0.15) is 10.7 Å². The number of sulfonamides is 1. The van der Waals surface area contributed by atoms with E-state index in [9.17, 15) is 12.8 Å². The Bertz CT molecular complexity index is 782. The monoisotopic (exact) mass is 453 g/mol. The highest BCUT2D eigenvalue weighted by Gasteiger charge is 2.30. The van der Waals surface area contributed by atoms with Gasteiger partial charge in [0, 0.05) is 42.8 Å². The van der Waals surface area contributed by atoms with E-state index in [4.69, 9.17) is 22.4 Å². The Morgan fingerprint density at radius 1 is 1.43 bits per heavy atom. The van der Waals surface area contributed by atoms with E-state index in [0.717, 1.165) is 30.3 Å². The SMILES string of the molecule is NC[C@H](CO)NCCCCNC1=CC(F)=C(S(=O)(=O)Nc2nccs2)CC1Cl. The lowest BCUT2D eigenvalue weighted by atomic mass is 10.1. The maximum Gasteiger partial charge on any atom is 0.262 e. The average Bonchev–Trinajstić information content (AvgIpc) is 3.15. The highest BCUT2D eigenvalue weighted by molar-refractivity contribution is 7.96. The maximum atomic E-state index is 14.4. The van der Waals surface area contributed by atoms with Crippen LogP contribution in [0.2, 0.25) is 0 Å². The second-order valence-corrected chi connectivity index (χ2v) is 9.31. The molecule has 0 bridgehead atoms. The predicted octanol–water partition coefficient (Wildman–Crippen LogP) is 1.24. The molecule has 1 aliphatic rings. The third-order valence-electron chi connectivity index (χ3n) is 4.10. The van der Waals surface area contributed by atoms with E-state index in [0.29, 0.717) is 25.3 Å². The molecule has 6 N–H and O–H groups in total. The lowest BCUT2D eigenvalue weighted by Gasteiger charge is -2.22. The number of hydrogen-bond donors (Lipinski definition) is 5. The number of aromatic nitrogens is 1. The van der Waals surface area contributed by atoms with E-state index in [1.165, 1.54) is 6.20 Å². The van der Waals surface area contributed by atoms with Gasteiger partial charge in [0.2, 0.25) is 0 Å². The molecule has 2 atom stereocenters. The number of anilines is 1. The molecule has 2 rings (SSSR count). The average molecular weight is 454 g/mol. The number of alkyl halides is 1. The summed E-state index contributed by atoms with van der Waals surface area (Å²) < 4.78 is 41.4. The molecule has 12 heteroatoms. The Hall–Kier alpha value is -1.24. The Morgan fingerprint density at radius 2 is 2.18 bits per heavy atom. The number of halogens is 2. The van der Waals surface area contributed by atoms with Crippen LogP contribution < -0.4 is 21.1 Å². The van der Waals surface area contributed by atoms with Gasteiger partial charge < -0.3 is 21.5 Å². The van der Waals surface area contributed by atoms with Crippen molar-refractivity contribution in [2.75, 3.05) is 31.0 Å². The van der Waals surface area contributed by atoms with E-state index in [-0.39, 0.29) is 29.1 Å². The molecular formula is C16H25ClFN5O3S2. The molecule has 0 aromatic carbocycles. The first-order chi connectivity index (χ1) is 13.4. The second kappa shape index (κ2) is 11.1. The first-order valence-electron chi connectivity index (χ1n) is 8.82. The number of rotatable bonds is 12. The number of hydrogen-bond acceptors (Lipinski definition) is 8. The molecular weight excluding hydrogens is 429 g/mol. The summed E-state index contributed by atoms with van der Waals surface area (Å²) in [6.07, 6.45) is 4.06. The Morgan fingerprint density at radius 3 is 2.82 bits per heavy atom. The number of nitrogens with one attached hydrogen (secondary N) is 3. The van der Waals surface area contributed by atoms with Crippen LogP contribution in [-0.2, 0) is 10.0 Å². The number of aliphatic hydroxyl groups excluding tert-OH is 1. The molecule has 0 fully saturated rings. The van der Waals surface area contributed by atoms with Gasteiger partial charge in [0.15, 0.2) is 5.13 Å². The Kier molecular flexibility index (Phi) is 9.12. The van der Waals surface area contributed by atoms with Crippen molar-refractivity contribution in [1.29, 1.82) is 0 Å². The van der Waals surface area contributed by atoms with Crippen LogP contribution in [0.25, 0.3) is 0 Å². The first-order valence-corrected chi connectivity index (χ1v) is 11.6. The molecule has 28 heavy (non-hydrogen) atoms. The van der Waals surface area contributed by atoms with Crippen molar-refractivity contribution < 1.29 is 17.9 Å². The van der Waals surface area contributed by atoms with Crippen LogP contribution in [0.4, 0.5) is 9.52 Å². The molecule has 0 saturated heterocycles. The van der Waals surface area contributed by atoms with Gasteiger partial charge in [-0.2, -0.15) is 0 Å². The molecule has 0 radical (unpaired) electrons. The van der Waals surface area contributed by atoms with Gasteiger partial charge in [-0.25, -0.2) is 17.8 Å². The van der Waals surface area contributed by atoms with Crippen molar-refractivity contribution in [1.82, 2.24) is 15.6 Å². The van der Waals surface area contributed by atoms with Crippen LogP contribution in [0.15, 0.2) is 34.1 Å². The van der Waals surface area contributed by atoms with Crippen molar-refractivity contribution >= 4 is 38.1 Å². The number of allylic oxidation sites excluding steroid dienone is 4. The zero-order valence-corrected chi connectivity index (χ0v) is 17.6. The van der Waals surface area contributed by atoms with Crippen LogP contribution in [0.3, 0.4) is 0 Å². The molecule has 1 unspecified atom stereocenters. The predicted molar refractivity (Wildman–Crippen MR) is 110 cm³/mol. The van der Waals surface area contributed by atoms with Crippen LogP contribution in [0.1, 0.15) is 19.3 Å². The van der Waals surface area contributed by atoms with E-state index in [1.807, 2.05) is 0 Å². The molecule has 0 amide bonds. The molecule has 1 aliphatic carbocycles. The highest BCUT2D eigenvalue weighted by atomic mass is 35.5. The van der Waals surface area contributed by atoms with Gasteiger partial charge in [-0.15, -0.1) is 22.9 Å². The number of thiazole rings is 1. The van der Waals surface area contributed by atoms with Crippen molar-refractivity contribution in [3.05, 3.63) is 34.1 Å². The molecule has 1 heterocycles. The topological polar surface area (TPSA) is 129 Å². The van der Waals surface area contributed by atoms with Gasteiger partial charge in [-0.1, -0.05) is 0 Å². The minimum atomic E-state index is -4.05. The Balaban J connectivity index is 1.87. The van der Waals surface area contributed by atoms with Gasteiger partial charge in [-0.3, -0.25) is 4.72 Å². The van der Waals surface area contributed by atoms with E-state index in [2.05, 4.69) is 20.3 Å². The lowest BCUT2D eigenvalue weighted by molar-refractivity contribution is 0.245. The van der Waals surface area contributed by atoms with Crippen LogP contribution in [-0.4, -0.2) is 56.2 Å². The van der Waals surface area contributed by atoms with Crippen molar-refractivity contribution in [2.24, 2.45) is 5.73 Å². The van der Waals surface area contributed by atoms with Crippen LogP contribution in [0.5, 0.6) is 0 Å². The summed E-state index contributed by atoms with van der Waals surface area (Å²) in [6, 6.07) is -0.112. The zero-order valence-electron chi connectivity index (χ0n) is 15.2. The van der Waals surface area contributed by atoms with Gasteiger partial charge in [0.05, 0.1) is 12.0 Å². The number of unbranched alkanes of at least 4 members (excludes halogenated alkanes) is 1. The molecule has 0 saturated carbocycles. The minimum Gasteiger partial charge on any atom is -0.395 e. The second-order valence-electron chi connectivity index (χ2n) is 6.19. The van der Waals surface area contributed by atoms with Crippen molar-refractivity contribution in [3.63, 3.8) is 0 Å². The zero-order chi connectivity index (χ0) is 20.6. The fraction of sp³-hybridized carbons (Fsp3) is 0.562. The Labute approximate surface area is 173 Å². The van der Waals surface area contributed by atoms with Gasteiger partial charge in [0.25, 0.3) is 10.0 Å². The van der Waals surface area contributed by atoms with E-state index < -0.39 is 21.2 Å². The molecule has 1 aromatic heterocycles. The number of nitrogens with two attached hydrogens (primary N) is 1. The van der Waals surface area contributed by atoms with Gasteiger partial charge >= 0.3 is 0 Å². The summed E-state index contributed by atoms with van der Waals surface area (Å²) in [6.45, 7) is 1.62. The fourth-order valence-corrected chi connectivity index (χ4v) is 4.93. The molecule has 0 spiro atoms. The smallest absolute Gasteiger partial charge is 0.262 e. The van der Waals surface area contributed by atoms with E-state index >= 15 is 0 Å². The molecule has 158 valence electrons. The quantitative estimate of drug-likeness (QED) is 0.238. The third kappa shape index (κ3) is 6.68. The third-order valence-corrected chi connectivity index (χ3v) is 6.78. The standard InChI is InChI=1S/C16H25ClFN5O3S2/c17-12-7-15(28(25,26)23-16-22-5-6-27-16)13(18)8-14(12)21-4-2-1-3-20-11(9-19)10-24/h5-6,8,11-12,20-21,24H,1-4,7,9-10,19H2,(H,22,23)/t11-,12?/m1/s1. The number of nitrogens with zero attached hydrogens (tertiary/aromatic N) is 1. The first kappa shape index (κ1) is 23.0. The fourth-order valence-electron chi connectivity index (χ4n) is 2.54. The van der Waals surface area contributed by atoms with E-state index in [1.54, 1.807) is 5.38 Å². The lowest BCUT2D eigenvalue weighted by Crippen LogP contribution is -2.39.